The highest BCUT2D eigenvalue weighted by Gasteiger charge is 2.03. The average Bonchev–Trinajstić information content (AvgIpc) is 2.51. The summed E-state index contributed by atoms with van der Waals surface area (Å²) >= 11 is 3.17. The zero-order valence-corrected chi connectivity index (χ0v) is 12.3. The van der Waals surface area contributed by atoms with Crippen LogP contribution in [0.15, 0.2) is 77.3 Å². The van der Waals surface area contributed by atoms with E-state index in [1.54, 1.807) is 12.1 Å². The van der Waals surface area contributed by atoms with Crippen LogP contribution in [-0.4, -0.2) is 0 Å². The van der Waals surface area contributed by atoms with Crippen LogP contribution in [0.2, 0.25) is 0 Å². The molecule has 0 atom stereocenters. The smallest absolute Gasteiger partial charge is 0.137 e. The Kier molecular flexibility index (Phi) is 3.66. The summed E-state index contributed by atoms with van der Waals surface area (Å²) in [6.07, 6.45) is 0. The first-order valence-corrected chi connectivity index (χ1v) is 7.14. The first-order valence-electron chi connectivity index (χ1n) is 6.35. The van der Waals surface area contributed by atoms with E-state index < -0.39 is 0 Å². The van der Waals surface area contributed by atoms with Crippen molar-refractivity contribution in [2.24, 2.45) is 0 Å². The maximum Gasteiger partial charge on any atom is 0.137 e. The molecule has 0 fully saturated rings. The largest absolute Gasteiger partial charge is 0.206 e. The SMILES string of the molecule is Fc1cc(-c2ccc(-c3ccccc3)cc2)ccc1Br. The molecule has 98 valence electrons. The van der Waals surface area contributed by atoms with Crippen molar-refractivity contribution in [1.29, 1.82) is 0 Å². The molecule has 0 nitrogen and oxygen atoms in total. The van der Waals surface area contributed by atoms with Crippen molar-refractivity contribution in [1.82, 2.24) is 0 Å². The molecular formula is C18H12BrF. The molecule has 0 unspecified atom stereocenters. The lowest BCUT2D eigenvalue weighted by molar-refractivity contribution is 0.621. The summed E-state index contributed by atoms with van der Waals surface area (Å²) in [6, 6.07) is 23.5. The van der Waals surface area contributed by atoms with Gasteiger partial charge in [0.2, 0.25) is 0 Å². The second kappa shape index (κ2) is 5.59. The molecule has 0 saturated carbocycles. The second-order valence-corrected chi connectivity index (χ2v) is 5.43. The van der Waals surface area contributed by atoms with Crippen molar-refractivity contribution in [2.75, 3.05) is 0 Å². The second-order valence-electron chi connectivity index (χ2n) is 4.57. The fourth-order valence-corrected chi connectivity index (χ4v) is 2.41. The van der Waals surface area contributed by atoms with Gasteiger partial charge in [0, 0.05) is 0 Å². The summed E-state index contributed by atoms with van der Waals surface area (Å²) in [5.74, 6) is -0.241. The van der Waals surface area contributed by atoms with Gasteiger partial charge in [-0.2, -0.15) is 0 Å². The van der Waals surface area contributed by atoms with Gasteiger partial charge in [-0.05, 0) is 50.3 Å². The molecule has 20 heavy (non-hydrogen) atoms. The highest BCUT2D eigenvalue weighted by atomic mass is 79.9. The fourth-order valence-electron chi connectivity index (χ4n) is 2.16. The molecule has 0 aliphatic rings. The molecule has 0 aliphatic heterocycles. The molecule has 0 aromatic heterocycles. The number of hydrogen-bond acceptors (Lipinski definition) is 0. The van der Waals surface area contributed by atoms with Crippen molar-refractivity contribution in [3.8, 4) is 22.3 Å². The molecule has 3 rings (SSSR count). The van der Waals surface area contributed by atoms with Gasteiger partial charge in [0.1, 0.15) is 5.82 Å². The molecule has 0 bridgehead atoms. The lowest BCUT2D eigenvalue weighted by Crippen LogP contribution is -1.83. The number of hydrogen-bond donors (Lipinski definition) is 0. The van der Waals surface area contributed by atoms with E-state index in [1.165, 1.54) is 5.56 Å². The molecule has 0 saturated heterocycles. The van der Waals surface area contributed by atoms with Crippen molar-refractivity contribution in [2.45, 2.75) is 0 Å². The Labute approximate surface area is 126 Å². The first kappa shape index (κ1) is 13.1. The van der Waals surface area contributed by atoms with Crippen LogP contribution in [0.5, 0.6) is 0 Å². The van der Waals surface area contributed by atoms with Gasteiger partial charge in [0.25, 0.3) is 0 Å². The zero-order chi connectivity index (χ0) is 13.9. The van der Waals surface area contributed by atoms with Crippen LogP contribution in [0, 0.1) is 5.82 Å². The average molecular weight is 327 g/mol. The molecule has 0 amide bonds. The lowest BCUT2D eigenvalue weighted by atomic mass is 10.0. The molecule has 0 N–H and O–H groups in total. The fraction of sp³-hybridized carbons (Fsp3) is 0. The predicted molar refractivity (Wildman–Crippen MR) is 85.0 cm³/mol. The van der Waals surface area contributed by atoms with Gasteiger partial charge >= 0.3 is 0 Å². The van der Waals surface area contributed by atoms with Gasteiger partial charge in [-0.1, -0.05) is 60.7 Å². The van der Waals surface area contributed by atoms with E-state index in [4.69, 9.17) is 0 Å². The minimum atomic E-state index is -0.241. The first-order chi connectivity index (χ1) is 9.74. The van der Waals surface area contributed by atoms with Crippen molar-refractivity contribution >= 4 is 15.9 Å². The van der Waals surface area contributed by atoms with Gasteiger partial charge in [-0.25, -0.2) is 4.39 Å². The van der Waals surface area contributed by atoms with Gasteiger partial charge < -0.3 is 0 Å². The van der Waals surface area contributed by atoms with E-state index in [0.717, 1.165) is 16.7 Å². The number of rotatable bonds is 2. The van der Waals surface area contributed by atoms with Crippen LogP contribution < -0.4 is 0 Å². The van der Waals surface area contributed by atoms with Crippen molar-refractivity contribution < 1.29 is 4.39 Å². The summed E-state index contributed by atoms with van der Waals surface area (Å²) in [5, 5.41) is 0. The van der Waals surface area contributed by atoms with E-state index in [0.29, 0.717) is 4.47 Å². The summed E-state index contributed by atoms with van der Waals surface area (Å²) < 4.78 is 14.1. The highest BCUT2D eigenvalue weighted by Crippen LogP contribution is 2.27. The third kappa shape index (κ3) is 2.66. The minimum absolute atomic E-state index is 0.241. The topological polar surface area (TPSA) is 0 Å². The third-order valence-corrected chi connectivity index (χ3v) is 3.89. The Morgan fingerprint density at radius 3 is 1.70 bits per heavy atom. The minimum Gasteiger partial charge on any atom is -0.206 e. The molecular weight excluding hydrogens is 315 g/mol. The predicted octanol–water partition coefficient (Wildman–Crippen LogP) is 5.92. The summed E-state index contributed by atoms with van der Waals surface area (Å²) in [5.41, 5.74) is 4.23. The van der Waals surface area contributed by atoms with E-state index in [9.17, 15) is 4.39 Å². The monoisotopic (exact) mass is 326 g/mol. The van der Waals surface area contributed by atoms with E-state index in [1.807, 2.05) is 36.4 Å². The third-order valence-electron chi connectivity index (χ3n) is 3.24. The Balaban J connectivity index is 1.95. The molecule has 0 radical (unpaired) electrons. The molecule has 3 aromatic carbocycles. The maximum absolute atomic E-state index is 13.6. The standard InChI is InChI=1S/C18H12BrF/c19-17-11-10-16(12-18(17)20)15-8-6-14(7-9-15)13-4-2-1-3-5-13/h1-12H. The summed E-state index contributed by atoms with van der Waals surface area (Å²) in [4.78, 5) is 0. The summed E-state index contributed by atoms with van der Waals surface area (Å²) in [7, 11) is 0. The van der Waals surface area contributed by atoms with Crippen LogP contribution in [-0.2, 0) is 0 Å². The Morgan fingerprint density at radius 1 is 0.600 bits per heavy atom. The highest BCUT2D eigenvalue weighted by molar-refractivity contribution is 9.10. The van der Waals surface area contributed by atoms with Crippen LogP contribution in [0.25, 0.3) is 22.3 Å². The van der Waals surface area contributed by atoms with Crippen LogP contribution in [0.4, 0.5) is 4.39 Å². The Morgan fingerprint density at radius 2 is 1.10 bits per heavy atom. The normalized spacial score (nSPS) is 10.5. The quantitative estimate of drug-likeness (QED) is 0.548. The lowest BCUT2D eigenvalue weighted by Gasteiger charge is -2.06. The molecule has 3 aromatic rings. The Bertz CT molecular complexity index is 718. The van der Waals surface area contributed by atoms with Gasteiger partial charge in [0.15, 0.2) is 0 Å². The molecule has 0 spiro atoms. The van der Waals surface area contributed by atoms with E-state index >= 15 is 0 Å². The molecule has 0 heterocycles. The molecule has 2 heteroatoms. The van der Waals surface area contributed by atoms with Gasteiger partial charge in [-0.15, -0.1) is 0 Å². The van der Waals surface area contributed by atoms with E-state index in [2.05, 4.69) is 40.2 Å². The molecule has 0 aliphatic carbocycles. The van der Waals surface area contributed by atoms with Gasteiger partial charge in [-0.3, -0.25) is 0 Å². The summed E-state index contributed by atoms with van der Waals surface area (Å²) in [6.45, 7) is 0. The zero-order valence-electron chi connectivity index (χ0n) is 10.7. The number of benzene rings is 3. The van der Waals surface area contributed by atoms with E-state index in [-0.39, 0.29) is 5.82 Å². The van der Waals surface area contributed by atoms with Crippen molar-refractivity contribution in [3.63, 3.8) is 0 Å². The van der Waals surface area contributed by atoms with Crippen molar-refractivity contribution in [3.05, 3.63) is 83.1 Å². The number of halogens is 2. The van der Waals surface area contributed by atoms with Crippen LogP contribution in [0.1, 0.15) is 0 Å². The van der Waals surface area contributed by atoms with Gasteiger partial charge in [0.05, 0.1) is 4.47 Å². The van der Waals surface area contributed by atoms with Crippen LogP contribution in [0.3, 0.4) is 0 Å². The Hall–Kier alpha value is -1.93. The van der Waals surface area contributed by atoms with Crippen LogP contribution >= 0.6 is 15.9 Å². The maximum atomic E-state index is 13.6.